The summed E-state index contributed by atoms with van der Waals surface area (Å²) in [6.07, 6.45) is 0. The first-order chi connectivity index (χ1) is 8.86. The Kier molecular flexibility index (Phi) is 5.47. The fourth-order valence-corrected chi connectivity index (χ4v) is 2.09. The Bertz CT molecular complexity index is 491. The number of benzene rings is 1. The molecule has 104 valence electrons. The summed E-state index contributed by atoms with van der Waals surface area (Å²) < 4.78 is 0. The molecule has 5 nitrogen and oxygen atoms in total. The van der Waals surface area contributed by atoms with Gasteiger partial charge in [0.25, 0.3) is 11.6 Å². The van der Waals surface area contributed by atoms with E-state index in [1.807, 2.05) is 13.8 Å². The molecule has 2 unspecified atom stereocenters. The van der Waals surface area contributed by atoms with Gasteiger partial charge in [-0.1, -0.05) is 28.9 Å². The lowest BCUT2D eigenvalue weighted by atomic mass is 10.0. The van der Waals surface area contributed by atoms with E-state index in [4.69, 9.17) is 0 Å². The second kappa shape index (κ2) is 6.65. The van der Waals surface area contributed by atoms with Crippen LogP contribution in [0.4, 0.5) is 5.69 Å². The minimum Gasteiger partial charge on any atom is -0.349 e. The predicted octanol–water partition coefficient (Wildman–Crippen LogP) is 3.05. The van der Waals surface area contributed by atoms with E-state index in [0.29, 0.717) is 5.56 Å². The fraction of sp³-hybridized carbons (Fsp3) is 0.462. The van der Waals surface area contributed by atoms with Crippen molar-refractivity contribution in [3.8, 4) is 0 Å². The maximum Gasteiger partial charge on any atom is 0.270 e. The predicted molar refractivity (Wildman–Crippen MR) is 77.7 cm³/mol. The highest BCUT2D eigenvalue weighted by atomic mass is 79.9. The van der Waals surface area contributed by atoms with Gasteiger partial charge in [0.15, 0.2) is 0 Å². The Hall–Kier alpha value is -1.43. The summed E-state index contributed by atoms with van der Waals surface area (Å²) in [7, 11) is 0. The lowest BCUT2D eigenvalue weighted by Crippen LogP contribution is -2.38. The summed E-state index contributed by atoms with van der Waals surface area (Å²) in [4.78, 5) is 22.4. The second-order valence-corrected chi connectivity index (χ2v) is 5.30. The number of hydrogen-bond acceptors (Lipinski definition) is 3. The number of aryl methyl sites for hydroxylation is 1. The highest BCUT2D eigenvalue weighted by molar-refractivity contribution is 9.09. The van der Waals surface area contributed by atoms with Crippen LogP contribution in [-0.4, -0.2) is 22.2 Å². The molecule has 0 aliphatic rings. The molecule has 1 aromatic carbocycles. The van der Waals surface area contributed by atoms with Crippen LogP contribution >= 0.6 is 15.9 Å². The molecule has 0 radical (unpaired) electrons. The standard InChI is InChI=1S/C13H17BrN2O3/c1-8-4-5-11(16(18)19)6-12(8)13(17)15-10(3)9(2)7-14/h4-6,9-10H,7H2,1-3H3,(H,15,17). The van der Waals surface area contributed by atoms with Crippen molar-refractivity contribution in [1.29, 1.82) is 0 Å². The molecule has 2 atom stereocenters. The van der Waals surface area contributed by atoms with Gasteiger partial charge >= 0.3 is 0 Å². The summed E-state index contributed by atoms with van der Waals surface area (Å²) >= 11 is 3.37. The first-order valence-electron chi connectivity index (χ1n) is 5.98. The lowest BCUT2D eigenvalue weighted by molar-refractivity contribution is -0.384. The van der Waals surface area contributed by atoms with E-state index in [1.165, 1.54) is 12.1 Å². The van der Waals surface area contributed by atoms with Crippen molar-refractivity contribution in [1.82, 2.24) is 5.32 Å². The number of non-ortho nitro benzene ring substituents is 1. The number of rotatable bonds is 5. The Labute approximate surface area is 120 Å². The number of nitrogens with zero attached hydrogens (tertiary/aromatic N) is 1. The average molecular weight is 329 g/mol. The molecule has 0 aliphatic heterocycles. The van der Waals surface area contributed by atoms with Gasteiger partial charge in [-0.25, -0.2) is 0 Å². The molecule has 0 aliphatic carbocycles. The molecule has 19 heavy (non-hydrogen) atoms. The van der Waals surface area contributed by atoms with Crippen molar-refractivity contribution in [3.05, 3.63) is 39.4 Å². The van der Waals surface area contributed by atoms with Crippen LogP contribution in [0.25, 0.3) is 0 Å². The zero-order valence-corrected chi connectivity index (χ0v) is 12.7. The van der Waals surface area contributed by atoms with E-state index < -0.39 is 4.92 Å². The van der Waals surface area contributed by atoms with Crippen molar-refractivity contribution >= 4 is 27.5 Å². The van der Waals surface area contributed by atoms with E-state index in [1.54, 1.807) is 13.0 Å². The lowest BCUT2D eigenvalue weighted by Gasteiger charge is -2.19. The van der Waals surface area contributed by atoms with E-state index in [0.717, 1.165) is 10.9 Å². The van der Waals surface area contributed by atoms with Crippen LogP contribution in [-0.2, 0) is 0 Å². The average Bonchev–Trinajstić information content (AvgIpc) is 2.37. The SMILES string of the molecule is Cc1ccc([N+](=O)[O-])cc1C(=O)NC(C)C(C)CBr. The molecule has 0 spiro atoms. The molecule has 1 amide bonds. The van der Waals surface area contributed by atoms with Crippen LogP contribution in [0.1, 0.15) is 29.8 Å². The number of nitro benzene ring substituents is 1. The normalized spacial score (nSPS) is 13.7. The number of nitrogens with one attached hydrogen (secondary N) is 1. The molecule has 0 aromatic heterocycles. The topological polar surface area (TPSA) is 72.2 Å². The Morgan fingerprint density at radius 2 is 2.11 bits per heavy atom. The maximum atomic E-state index is 12.1. The molecule has 1 rings (SSSR count). The van der Waals surface area contributed by atoms with Crippen molar-refractivity contribution in [3.63, 3.8) is 0 Å². The van der Waals surface area contributed by atoms with E-state index in [2.05, 4.69) is 21.2 Å². The third-order valence-corrected chi connectivity index (χ3v) is 4.15. The Morgan fingerprint density at radius 1 is 1.47 bits per heavy atom. The van der Waals surface area contributed by atoms with Crippen LogP contribution in [0.2, 0.25) is 0 Å². The quantitative estimate of drug-likeness (QED) is 0.513. The van der Waals surface area contributed by atoms with Crippen LogP contribution in [0, 0.1) is 23.0 Å². The molecule has 1 aromatic rings. The Morgan fingerprint density at radius 3 is 2.63 bits per heavy atom. The summed E-state index contributed by atoms with van der Waals surface area (Å²) in [5.74, 6) is 0.00412. The number of carbonyl (C=O) groups is 1. The zero-order chi connectivity index (χ0) is 14.6. The Balaban J connectivity index is 2.93. The third-order valence-electron chi connectivity index (χ3n) is 3.13. The fourth-order valence-electron chi connectivity index (χ4n) is 1.53. The molecular weight excluding hydrogens is 312 g/mol. The summed E-state index contributed by atoms with van der Waals surface area (Å²) in [6, 6.07) is 4.30. The molecule has 0 saturated heterocycles. The van der Waals surface area contributed by atoms with Crippen molar-refractivity contribution in [2.24, 2.45) is 5.92 Å². The number of nitro groups is 1. The van der Waals surface area contributed by atoms with Crippen molar-refractivity contribution in [2.75, 3.05) is 5.33 Å². The molecule has 0 heterocycles. The first kappa shape index (κ1) is 15.6. The number of hydrogen-bond donors (Lipinski definition) is 1. The van der Waals surface area contributed by atoms with Gasteiger partial charge in [0.1, 0.15) is 0 Å². The summed E-state index contributed by atoms with van der Waals surface area (Å²) in [6.45, 7) is 5.69. The number of amides is 1. The van der Waals surface area contributed by atoms with Gasteiger partial charge < -0.3 is 5.32 Å². The van der Waals surface area contributed by atoms with Gasteiger partial charge in [0, 0.05) is 29.1 Å². The smallest absolute Gasteiger partial charge is 0.270 e. The van der Waals surface area contributed by atoms with E-state index in [9.17, 15) is 14.9 Å². The molecule has 0 fully saturated rings. The third kappa shape index (κ3) is 4.02. The van der Waals surface area contributed by atoms with E-state index in [-0.39, 0.29) is 23.6 Å². The molecular formula is C13H17BrN2O3. The largest absolute Gasteiger partial charge is 0.349 e. The van der Waals surface area contributed by atoms with Crippen LogP contribution in [0.15, 0.2) is 18.2 Å². The van der Waals surface area contributed by atoms with Crippen LogP contribution in [0.3, 0.4) is 0 Å². The minimum atomic E-state index is -0.499. The van der Waals surface area contributed by atoms with Gasteiger partial charge in [-0.3, -0.25) is 14.9 Å². The van der Waals surface area contributed by atoms with E-state index >= 15 is 0 Å². The highest BCUT2D eigenvalue weighted by Crippen LogP contribution is 2.18. The van der Waals surface area contributed by atoms with Crippen molar-refractivity contribution < 1.29 is 9.72 Å². The minimum absolute atomic E-state index is 0.00876. The molecule has 6 heteroatoms. The van der Waals surface area contributed by atoms with Gasteiger partial charge in [-0.2, -0.15) is 0 Å². The van der Waals surface area contributed by atoms with Crippen LogP contribution in [0.5, 0.6) is 0 Å². The first-order valence-corrected chi connectivity index (χ1v) is 7.10. The molecule has 0 saturated carbocycles. The van der Waals surface area contributed by atoms with Gasteiger partial charge in [-0.15, -0.1) is 0 Å². The molecule has 1 N–H and O–H groups in total. The number of carbonyl (C=O) groups excluding carboxylic acids is 1. The summed E-state index contributed by atoms with van der Waals surface area (Å²) in [5, 5.41) is 14.4. The van der Waals surface area contributed by atoms with Gasteiger partial charge in [0.05, 0.1) is 4.92 Å². The highest BCUT2D eigenvalue weighted by Gasteiger charge is 2.18. The molecule has 0 bridgehead atoms. The number of halogens is 1. The zero-order valence-electron chi connectivity index (χ0n) is 11.1. The monoisotopic (exact) mass is 328 g/mol. The second-order valence-electron chi connectivity index (χ2n) is 4.65. The van der Waals surface area contributed by atoms with Gasteiger partial charge in [-0.05, 0) is 25.3 Å². The van der Waals surface area contributed by atoms with Crippen LogP contribution < -0.4 is 5.32 Å². The van der Waals surface area contributed by atoms with Crippen molar-refractivity contribution in [2.45, 2.75) is 26.8 Å². The van der Waals surface area contributed by atoms with Gasteiger partial charge in [0.2, 0.25) is 0 Å². The summed E-state index contributed by atoms with van der Waals surface area (Å²) in [5.41, 5.74) is 1.00. The number of alkyl halides is 1. The maximum absolute atomic E-state index is 12.1.